The van der Waals surface area contributed by atoms with Crippen LogP contribution in [0.25, 0.3) is 0 Å². The Bertz CT molecular complexity index is 945. The van der Waals surface area contributed by atoms with Crippen molar-refractivity contribution in [2.24, 2.45) is 0 Å². The molecule has 1 aromatic heterocycles. The summed E-state index contributed by atoms with van der Waals surface area (Å²) in [5.41, 5.74) is 2.11. The number of amides is 2. The molecule has 166 valence electrons. The van der Waals surface area contributed by atoms with E-state index < -0.39 is 0 Å². The minimum Gasteiger partial charge on any atom is -0.484 e. The van der Waals surface area contributed by atoms with Crippen molar-refractivity contribution in [3.63, 3.8) is 0 Å². The van der Waals surface area contributed by atoms with Crippen molar-refractivity contribution in [3.05, 3.63) is 47.5 Å². The van der Waals surface area contributed by atoms with Crippen LogP contribution < -0.4 is 9.64 Å². The van der Waals surface area contributed by atoms with E-state index in [-0.39, 0.29) is 24.5 Å². The van der Waals surface area contributed by atoms with Crippen LogP contribution in [-0.2, 0) is 4.79 Å². The highest BCUT2D eigenvalue weighted by atomic mass is 16.5. The lowest BCUT2D eigenvalue weighted by Gasteiger charge is -2.34. The van der Waals surface area contributed by atoms with Crippen molar-refractivity contribution in [3.8, 4) is 5.75 Å². The molecule has 1 fully saturated rings. The van der Waals surface area contributed by atoms with Crippen molar-refractivity contribution in [1.29, 1.82) is 0 Å². The normalized spacial score (nSPS) is 16.0. The Labute approximate surface area is 183 Å². The predicted molar refractivity (Wildman–Crippen MR) is 119 cm³/mol. The SMILES string of the molecule is Cc1nc([C@H]2CCCCN2C(=O)COc2cccc(N(C)C)c2)ncc1C(=O)N(C)C. The third kappa shape index (κ3) is 5.31. The van der Waals surface area contributed by atoms with Crippen LogP contribution in [0.4, 0.5) is 5.69 Å². The molecule has 1 atom stereocenters. The van der Waals surface area contributed by atoms with Gasteiger partial charge in [-0.3, -0.25) is 9.59 Å². The first kappa shape index (κ1) is 22.5. The molecule has 0 saturated carbocycles. The molecule has 1 saturated heterocycles. The summed E-state index contributed by atoms with van der Waals surface area (Å²) in [7, 11) is 7.32. The van der Waals surface area contributed by atoms with Crippen LogP contribution >= 0.6 is 0 Å². The molecule has 0 bridgehead atoms. The van der Waals surface area contributed by atoms with Gasteiger partial charge in [-0.2, -0.15) is 0 Å². The monoisotopic (exact) mass is 425 g/mol. The smallest absolute Gasteiger partial charge is 0.261 e. The van der Waals surface area contributed by atoms with Gasteiger partial charge >= 0.3 is 0 Å². The molecule has 2 aromatic rings. The number of piperidine rings is 1. The van der Waals surface area contributed by atoms with Gasteiger partial charge in [0.1, 0.15) is 5.75 Å². The summed E-state index contributed by atoms with van der Waals surface area (Å²) in [5, 5.41) is 0. The second-order valence-electron chi connectivity index (χ2n) is 8.21. The van der Waals surface area contributed by atoms with Crippen molar-refractivity contribution in [2.45, 2.75) is 32.2 Å². The van der Waals surface area contributed by atoms with E-state index in [0.717, 1.165) is 24.9 Å². The number of nitrogens with zero attached hydrogens (tertiary/aromatic N) is 5. The molecule has 0 radical (unpaired) electrons. The molecule has 0 spiro atoms. The summed E-state index contributed by atoms with van der Waals surface area (Å²) in [4.78, 5) is 39.6. The molecular formula is C23H31N5O3. The van der Waals surface area contributed by atoms with Gasteiger partial charge in [-0.05, 0) is 38.3 Å². The number of likely N-dealkylation sites (tertiary alicyclic amines) is 1. The van der Waals surface area contributed by atoms with Crippen LogP contribution in [0, 0.1) is 6.92 Å². The number of aromatic nitrogens is 2. The standard InChI is InChI=1S/C23H31N5O3/c1-16-19(23(30)27(4)5)14-24-22(25-16)20-11-6-7-12-28(20)21(29)15-31-18-10-8-9-17(13-18)26(2)3/h8-10,13-14,20H,6-7,11-12,15H2,1-5H3/t20-/m1/s1. The molecule has 3 rings (SSSR count). The maximum atomic E-state index is 13.0. The fourth-order valence-corrected chi connectivity index (χ4v) is 3.67. The summed E-state index contributed by atoms with van der Waals surface area (Å²) in [5.74, 6) is 1.02. The topological polar surface area (TPSA) is 78.9 Å². The van der Waals surface area contributed by atoms with E-state index in [0.29, 0.717) is 29.4 Å². The minimum atomic E-state index is -0.208. The zero-order chi connectivity index (χ0) is 22.5. The highest BCUT2D eigenvalue weighted by Gasteiger charge is 2.31. The third-order valence-electron chi connectivity index (χ3n) is 5.45. The van der Waals surface area contributed by atoms with Gasteiger partial charge in [-0.25, -0.2) is 9.97 Å². The lowest BCUT2D eigenvalue weighted by Crippen LogP contribution is -2.42. The summed E-state index contributed by atoms with van der Waals surface area (Å²) < 4.78 is 5.79. The molecule has 2 heterocycles. The van der Waals surface area contributed by atoms with E-state index >= 15 is 0 Å². The number of anilines is 1. The van der Waals surface area contributed by atoms with Gasteiger partial charge in [-0.15, -0.1) is 0 Å². The number of carbonyl (C=O) groups excluding carboxylic acids is 2. The van der Waals surface area contributed by atoms with E-state index in [2.05, 4.69) is 9.97 Å². The van der Waals surface area contributed by atoms with Crippen LogP contribution in [0.3, 0.4) is 0 Å². The molecule has 1 aromatic carbocycles. The van der Waals surface area contributed by atoms with Crippen molar-refractivity contribution >= 4 is 17.5 Å². The number of rotatable bonds is 6. The average molecular weight is 426 g/mol. The summed E-state index contributed by atoms with van der Waals surface area (Å²) in [6, 6.07) is 7.45. The quantitative estimate of drug-likeness (QED) is 0.708. The maximum Gasteiger partial charge on any atom is 0.261 e. The van der Waals surface area contributed by atoms with E-state index in [4.69, 9.17) is 4.74 Å². The second-order valence-corrected chi connectivity index (χ2v) is 8.21. The van der Waals surface area contributed by atoms with Crippen LogP contribution in [0.5, 0.6) is 5.75 Å². The molecule has 31 heavy (non-hydrogen) atoms. The highest BCUT2D eigenvalue weighted by Crippen LogP contribution is 2.29. The first-order valence-electron chi connectivity index (χ1n) is 10.5. The molecule has 8 nitrogen and oxygen atoms in total. The molecule has 0 aliphatic carbocycles. The predicted octanol–water partition coefficient (Wildman–Crippen LogP) is 2.69. The molecule has 0 unspecified atom stereocenters. The number of aryl methyl sites for hydroxylation is 1. The lowest BCUT2D eigenvalue weighted by molar-refractivity contribution is -0.137. The van der Waals surface area contributed by atoms with Gasteiger partial charge in [-0.1, -0.05) is 6.07 Å². The fraction of sp³-hybridized carbons (Fsp3) is 0.478. The van der Waals surface area contributed by atoms with Gasteiger partial charge < -0.3 is 19.4 Å². The van der Waals surface area contributed by atoms with Gasteiger partial charge in [0.25, 0.3) is 11.8 Å². The van der Waals surface area contributed by atoms with Crippen molar-refractivity contribution in [2.75, 3.05) is 46.2 Å². The zero-order valence-corrected chi connectivity index (χ0v) is 19.0. The Balaban J connectivity index is 1.73. The summed E-state index contributed by atoms with van der Waals surface area (Å²) in [6.45, 7) is 2.41. The molecule has 2 amide bonds. The van der Waals surface area contributed by atoms with Gasteiger partial charge in [0.2, 0.25) is 0 Å². The molecule has 0 N–H and O–H groups in total. The highest BCUT2D eigenvalue weighted by molar-refractivity contribution is 5.94. The van der Waals surface area contributed by atoms with Gasteiger partial charge in [0, 0.05) is 52.7 Å². The Hall–Kier alpha value is -3.16. The van der Waals surface area contributed by atoms with Crippen LogP contribution in [0.15, 0.2) is 30.5 Å². The largest absolute Gasteiger partial charge is 0.484 e. The molecule has 1 aliphatic heterocycles. The first-order valence-corrected chi connectivity index (χ1v) is 10.5. The second kappa shape index (κ2) is 9.76. The fourth-order valence-electron chi connectivity index (χ4n) is 3.67. The molecule has 1 aliphatic rings. The van der Waals surface area contributed by atoms with Crippen LogP contribution in [-0.4, -0.2) is 72.9 Å². The number of ether oxygens (including phenoxy) is 1. The Morgan fingerprint density at radius 2 is 1.97 bits per heavy atom. The number of carbonyl (C=O) groups is 2. The first-order chi connectivity index (χ1) is 14.8. The van der Waals surface area contributed by atoms with Crippen molar-refractivity contribution in [1.82, 2.24) is 19.8 Å². The Morgan fingerprint density at radius 3 is 2.65 bits per heavy atom. The van der Waals surface area contributed by atoms with Crippen LogP contribution in [0.2, 0.25) is 0 Å². The zero-order valence-electron chi connectivity index (χ0n) is 19.0. The third-order valence-corrected chi connectivity index (χ3v) is 5.45. The number of hydrogen-bond acceptors (Lipinski definition) is 6. The minimum absolute atomic E-state index is 0.0381. The van der Waals surface area contributed by atoms with Crippen molar-refractivity contribution < 1.29 is 14.3 Å². The molecular weight excluding hydrogens is 394 g/mol. The lowest BCUT2D eigenvalue weighted by atomic mass is 10.0. The van der Waals surface area contributed by atoms with E-state index in [1.54, 1.807) is 27.2 Å². The van der Waals surface area contributed by atoms with E-state index in [1.165, 1.54) is 4.90 Å². The number of benzene rings is 1. The summed E-state index contributed by atoms with van der Waals surface area (Å²) >= 11 is 0. The van der Waals surface area contributed by atoms with Gasteiger partial charge in [0.05, 0.1) is 17.3 Å². The Kier molecular flexibility index (Phi) is 7.09. The summed E-state index contributed by atoms with van der Waals surface area (Å²) in [6.07, 6.45) is 4.30. The number of hydrogen-bond donors (Lipinski definition) is 0. The Morgan fingerprint density at radius 1 is 1.19 bits per heavy atom. The average Bonchev–Trinajstić information content (AvgIpc) is 2.77. The van der Waals surface area contributed by atoms with E-state index in [1.807, 2.05) is 48.2 Å². The maximum absolute atomic E-state index is 13.0. The van der Waals surface area contributed by atoms with E-state index in [9.17, 15) is 9.59 Å². The molecule has 8 heteroatoms. The van der Waals surface area contributed by atoms with Gasteiger partial charge in [0.15, 0.2) is 12.4 Å². The van der Waals surface area contributed by atoms with Crippen LogP contribution in [0.1, 0.15) is 47.2 Å².